The molecular weight excluding hydrogens is 271 g/mol. The van der Waals surface area contributed by atoms with Gasteiger partial charge in [0.15, 0.2) is 0 Å². The lowest BCUT2D eigenvalue weighted by Gasteiger charge is -2.22. The fourth-order valence-corrected chi connectivity index (χ4v) is 2.96. The Balaban J connectivity index is 2.17. The minimum atomic E-state index is -0.225. The lowest BCUT2D eigenvalue weighted by Crippen LogP contribution is -2.15. The summed E-state index contributed by atoms with van der Waals surface area (Å²) < 4.78 is 14.0. The third-order valence-corrected chi connectivity index (χ3v) is 3.64. The molecule has 0 spiro atoms. The van der Waals surface area contributed by atoms with Gasteiger partial charge in [-0.25, -0.2) is 4.39 Å². The van der Waals surface area contributed by atoms with Crippen LogP contribution >= 0.6 is 15.9 Å². The predicted octanol–water partition coefficient (Wildman–Crippen LogP) is 3.89. The summed E-state index contributed by atoms with van der Waals surface area (Å²) in [7, 11) is 0. The standard InChI is InChI=1S/C13H14BrFO/c1-13(3-2-12(16)8-13)7-9-4-10(14)6-11(15)5-9/h4-6H,2-3,7-8H2,1H3. The zero-order valence-corrected chi connectivity index (χ0v) is 10.8. The second-order valence-corrected chi connectivity index (χ2v) is 5.90. The largest absolute Gasteiger partial charge is 0.300 e. The Bertz CT molecular complexity index is 410. The number of hydrogen-bond acceptors (Lipinski definition) is 1. The van der Waals surface area contributed by atoms with E-state index in [2.05, 4.69) is 22.9 Å². The SMILES string of the molecule is CC1(Cc2cc(F)cc(Br)c2)CCC(=O)C1. The van der Waals surface area contributed by atoms with Crippen molar-refractivity contribution in [2.75, 3.05) is 0 Å². The van der Waals surface area contributed by atoms with Crippen LogP contribution < -0.4 is 0 Å². The van der Waals surface area contributed by atoms with Crippen LogP contribution in [0.4, 0.5) is 4.39 Å². The molecule has 1 atom stereocenters. The van der Waals surface area contributed by atoms with E-state index in [0.717, 1.165) is 22.9 Å². The molecule has 2 rings (SSSR count). The summed E-state index contributed by atoms with van der Waals surface area (Å²) in [6.07, 6.45) is 2.99. The molecule has 1 aliphatic rings. The van der Waals surface area contributed by atoms with Gasteiger partial charge in [0.2, 0.25) is 0 Å². The Hall–Kier alpha value is -0.700. The first kappa shape index (κ1) is 11.8. The van der Waals surface area contributed by atoms with E-state index >= 15 is 0 Å². The Morgan fingerprint density at radius 2 is 2.19 bits per heavy atom. The van der Waals surface area contributed by atoms with Crippen LogP contribution in [0.5, 0.6) is 0 Å². The predicted molar refractivity (Wildman–Crippen MR) is 64.8 cm³/mol. The Labute approximate surface area is 103 Å². The Morgan fingerprint density at radius 3 is 2.75 bits per heavy atom. The molecule has 0 saturated heterocycles. The fourth-order valence-electron chi connectivity index (χ4n) is 2.45. The van der Waals surface area contributed by atoms with Crippen molar-refractivity contribution in [3.8, 4) is 0 Å². The average Bonchev–Trinajstić information content (AvgIpc) is 2.43. The molecule has 1 aromatic rings. The molecule has 86 valence electrons. The molecule has 1 unspecified atom stereocenters. The van der Waals surface area contributed by atoms with Crippen LogP contribution in [0.2, 0.25) is 0 Å². The quantitative estimate of drug-likeness (QED) is 0.805. The number of ketones is 1. The molecule has 1 aliphatic carbocycles. The lowest BCUT2D eigenvalue weighted by molar-refractivity contribution is -0.117. The van der Waals surface area contributed by atoms with E-state index in [-0.39, 0.29) is 11.2 Å². The first-order valence-corrected chi connectivity index (χ1v) is 6.23. The molecule has 1 nitrogen and oxygen atoms in total. The number of hydrogen-bond donors (Lipinski definition) is 0. The molecule has 0 bridgehead atoms. The minimum absolute atomic E-state index is 0.0182. The van der Waals surface area contributed by atoms with Crippen LogP contribution in [-0.4, -0.2) is 5.78 Å². The highest BCUT2D eigenvalue weighted by Gasteiger charge is 2.33. The van der Waals surface area contributed by atoms with Crippen LogP contribution in [0.3, 0.4) is 0 Å². The molecule has 3 heteroatoms. The van der Waals surface area contributed by atoms with Gasteiger partial charge in [-0.05, 0) is 42.0 Å². The van der Waals surface area contributed by atoms with Crippen LogP contribution in [0.15, 0.2) is 22.7 Å². The summed E-state index contributed by atoms with van der Waals surface area (Å²) in [5.41, 5.74) is 0.980. The van der Waals surface area contributed by atoms with Gasteiger partial charge in [0.1, 0.15) is 11.6 Å². The molecule has 0 amide bonds. The molecule has 16 heavy (non-hydrogen) atoms. The number of halogens is 2. The van der Waals surface area contributed by atoms with Gasteiger partial charge >= 0.3 is 0 Å². The van der Waals surface area contributed by atoms with E-state index < -0.39 is 0 Å². The third kappa shape index (κ3) is 2.70. The first-order valence-electron chi connectivity index (χ1n) is 5.44. The van der Waals surface area contributed by atoms with Crippen LogP contribution in [-0.2, 0) is 11.2 Å². The van der Waals surface area contributed by atoms with Gasteiger partial charge in [-0.1, -0.05) is 22.9 Å². The van der Waals surface area contributed by atoms with E-state index in [0.29, 0.717) is 18.6 Å². The highest BCUT2D eigenvalue weighted by atomic mass is 79.9. The number of carbonyl (C=O) groups is 1. The maximum Gasteiger partial charge on any atom is 0.133 e. The highest BCUT2D eigenvalue weighted by Crippen LogP contribution is 2.38. The zero-order valence-electron chi connectivity index (χ0n) is 9.22. The van der Waals surface area contributed by atoms with Crippen molar-refractivity contribution < 1.29 is 9.18 Å². The summed E-state index contributed by atoms with van der Waals surface area (Å²) in [5.74, 6) is 0.107. The van der Waals surface area contributed by atoms with Crippen molar-refractivity contribution in [2.24, 2.45) is 5.41 Å². The van der Waals surface area contributed by atoms with Crippen molar-refractivity contribution >= 4 is 21.7 Å². The summed E-state index contributed by atoms with van der Waals surface area (Å²) in [5, 5.41) is 0. The smallest absolute Gasteiger partial charge is 0.133 e. The number of rotatable bonds is 2. The third-order valence-electron chi connectivity index (χ3n) is 3.18. The van der Waals surface area contributed by atoms with E-state index in [1.807, 2.05) is 6.07 Å². The summed E-state index contributed by atoms with van der Waals surface area (Å²) in [4.78, 5) is 11.3. The normalized spacial score (nSPS) is 25.1. The van der Waals surface area contributed by atoms with Gasteiger partial charge in [-0.3, -0.25) is 4.79 Å². The molecular formula is C13H14BrFO. The highest BCUT2D eigenvalue weighted by molar-refractivity contribution is 9.10. The van der Waals surface area contributed by atoms with Crippen molar-refractivity contribution in [1.29, 1.82) is 0 Å². The van der Waals surface area contributed by atoms with Crippen LogP contribution in [0, 0.1) is 11.2 Å². The number of benzene rings is 1. The van der Waals surface area contributed by atoms with Gasteiger partial charge in [0, 0.05) is 17.3 Å². The van der Waals surface area contributed by atoms with Gasteiger partial charge in [0.05, 0.1) is 0 Å². The molecule has 1 aromatic carbocycles. The molecule has 0 aromatic heterocycles. The molecule has 0 aliphatic heterocycles. The molecule has 0 radical (unpaired) electrons. The maximum atomic E-state index is 13.2. The maximum absolute atomic E-state index is 13.2. The van der Waals surface area contributed by atoms with Crippen molar-refractivity contribution in [3.05, 3.63) is 34.1 Å². The van der Waals surface area contributed by atoms with Gasteiger partial charge < -0.3 is 0 Å². The first-order chi connectivity index (χ1) is 7.47. The second kappa shape index (κ2) is 4.28. The Kier molecular flexibility index (Phi) is 3.15. The molecule has 0 N–H and O–H groups in total. The average molecular weight is 285 g/mol. The Morgan fingerprint density at radius 1 is 1.44 bits per heavy atom. The van der Waals surface area contributed by atoms with Crippen molar-refractivity contribution in [1.82, 2.24) is 0 Å². The zero-order chi connectivity index (χ0) is 11.8. The van der Waals surface area contributed by atoms with E-state index in [1.165, 1.54) is 6.07 Å². The van der Waals surface area contributed by atoms with Crippen molar-refractivity contribution in [3.63, 3.8) is 0 Å². The second-order valence-electron chi connectivity index (χ2n) is 4.98. The van der Waals surface area contributed by atoms with E-state index in [4.69, 9.17) is 0 Å². The topological polar surface area (TPSA) is 17.1 Å². The van der Waals surface area contributed by atoms with Crippen LogP contribution in [0.25, 0.3) is 0 Å². The monoisotopic (exact) mass is 284 g/mol. The summed E-state index contributed by atoms with van der Waals surface area (Å²) >= 11 is 3.28. The molecule has 1 fully saturated rings. The summed E-state index contributed by atoms with van der Waals surface area (Å²) in [6, 6.07) is 4.93. The van der Waals surface area contributed by atoms with Gasteiger partial charge in [-0.2, -0.15) is 0 Å². The van der Waals surface area contributed by atoms with E-state index in [1.54, 1.807) is 6.07 Å². The minimum Gasteiger partial charge on any atom is -0.300 e. The van der Waals surface area contributed by atoms with Crippen molar-refractivity contribution in [2.45, 2.75) is 32.6 Å². The number of carbonyl (C=O) groups excluding carboxylic acids is 1. The number of Topliss-reactive ketones (excluding diaryl/α,β-unsaturated/α-hetero) is 1. The fraction of sp³-hybridized carbons (Fsp3) is 0.462. The molecule has 1 saturated carbocycles. The molecule has 0 heterocycles. The van der Waals surface area contributed by atoms with Crippen LogP contribution in [0.1, 0.15) is 31.7 Å². The van der Waals surface area contributed by atoms with Gasteiger partial charge in [-0.15, -0.1) is 0 Å². The summed E-state index contributed by atoms with van der Waals surface area (Å²) in [6.45, 7) is 2.11. The van der Waals surface area contributed by atoms with Gasteiger partial charge in [0.25, 0.3) is 0 Å². The van der Waals surface area contributed by atoms with E-state index in [9.17, 15) is 9.18 Å². The lowest BCUT2D eigenvalue weighted by atomic mass is 9.82.